The van der Waals surface area contributed by atoms with Crippen LogP contribution in [-0.2, 0) is 0 Å². The van der Waals surface area contributed by atoms with Crippen molar-refractivity contribution >= 4 is 0 Å². The van der Waals surface area contributed by atoms with Crippen molar-refractivity contribution in [3.8, 4) is 0 Å². The molecule has 1 fully saturated rings. The van der Waals surface area contributed by atoms with Crippen LogP contribution in [-0.4, -0.2) is 6.04 Å². The smallest absolute Gasteiger partial charge is 0.0620 e. The summed E-state index contributed by atoms with van der Waals surface area (Å²) >= 11 is 0. The molecule has 0 aromatic rings. The SMILES string of the molecule is [CH2-][NH2+]C1CCCCCC1. The van der Waals surface area contributed by atoms with Crippen LogP contribution in [0.3, 0.4) is 0 Å². The Kier molecular flexibility index (Phi) is 3.05. The summed E-state index contributed by atoms with van der Waals surface area (Å²) in [5.41, 5.74) is 0. The van der Waals surface area contributed by atoms with E-state index in [1.807, 2.05) is 0 Å². The highest BCUT2D eigenvalue weighted by Gasteiger charge is 2.09. The van der Waals surface area contributed by atoms with Crippen molar-refractivity contribution in [2.24, 2.45) is 0 Å². The van der Waals surface area contributed by atoms with Gasteiger partial charge in [-0.25, -0.2) is 0 Å². The van der Waals surface area contributed by atoms with Crippen molar-refractivity contribution in [2.75, 3.05) is 0 Å². The highest BCUT2D eigenvalue weighted by atomic mass is 14.9. The predicted octanol–water partition coefficient (Wildman–Crippen LogP) is 1.06. The first-order valence-electron chi connectivity index (χ1n) is 4.06. The Morgan fingerprint density at radius 3 is 2.00 bits per heavy atom. The van der Waals surface area contributed by atoms with E-state index >= 15 is 0 Å². The molecule has 1 heteroatoms. The van der Waals surface area contributed by atoms with E-state index < -0.39 is 0 Å². The standard InChI is InChI=1S/C8H17N/c1-9-8-6-4-2-3-5-7-8/h8H,1-7,9H2. The monoisotopic (exact) mass is 127 g/mol. The maximum atomic E-state index is 3.83. The van der Waals surface area contributed by atoms with Gasteiger partial charge in [0, 0.05) is 0 Å². The van der Waals surface area contributed by atoms with Gasteiger partial charge in [0.15, 0.2) is 0 Å². The van der Waals surface area contributed by atoms with Gasteiger partial charge < -0.3 is 5.32 Å². The predicted molar refractivity (Wildman–Crippen MR) is 38.8 cm³/mol. The van der Waals surface area contributed by atoms with Crippen LogP contribution in [0.25, 0.3) is 0 Å². The molecular weight excluding hydrogens is 110 g/mol. The van der Waals surface area contributed by atoms with Crippen LogP contribution in [0.4, 0.5) is 0 Å². The molecule has 1 saturated carbocycles. The molecule has 0 saturated heterocycles. The molecular formula is C8H17N. The first kappa shape index (κ1) is 7.07. The molecule has 0 spiro atoms. The minimum absolute atomic E-state index is 0.840. The summed E-state index contributed by atoms with van der Waals surface area (Å²) in [6.45, 7) is 0. The Morgan fingerprint density at radius 1 is 1.00 bits per heavy atom. The summed E-state index contributed by atoms with van der Waals surface area (Å²) in [6, 6.07) is 0.840. The molecule has 1 nitrogen and oxygen atoms in total. The lowest BCUT2D eigenvalue weighted by atomic mass is 10.1. The Bertz CT molecular complexity index is 63.0. The van der Waals surface area contributed by atoms with E-state index in [1.54, 1.807) is 0 Å². The second-order valence-corrected chi connectivity index (χ2v) is 2.99. The van der Waals surface area contributed by atoms with Crippen molar-refractivity contribution in [3.63, 3.8) is 0 Å². The quantitative estimate of drug-likeness (QED) is 0.401. The molecule has 0 aromatic heterocycles. The van der Waals surface area contributed by atoms with Crippen LogP contribution in [0.5, 0.6) is 0 Å². The zero-order valence-electron chi connectivity index (χ0n) is 6.10. The highest BCUT2D eigenvalue weighted by molar-refractivity contribution is 4.60. The zero-order chi connectivity index (χ0) is 6.53. The molecule has 2 N–H and O–H groups in total. The van der Waals surface area contributed by atoms with Gasteiger partial charge in [-0.2, -0.15) is 7.05 Å². The van der Waals surface area contributed by atoms with E-state index in [4.69, 9.17) is 0 Å². The number of rotatable bonds is 1. The molecule has 1 aliphatic carbocycles. The van der Waals surface area contributed by atoms with Gasteiger partial charge in [0.1, 0.15) is 0 Å². The van der Waals surface area contributed by atoms with Crippen LogP contribution in [0, 0.1) is 7.05 Å². The van der Waals surface area contributed by atoms with Crippen LogP contribution >= 0.6 is 0 Å². The Morgan fingerprint density at radius 2 is 1.56 bits per heavy atom. The maximum Gasteiger partial charge on any atom is 0.0620 e. The van der Waals surface area contributed by atoms with Crippen molar-refractivity contribution in [1.29, 1.82) is 0 Å². The maximum absolute atomic E-state index is 3.83. The number of nitrogens with two attached hydrogens (primary N) is 1. The Balaban J connectivity index is 2.18. The van der Waals surface area contributed by atoms with Crippen molar-refractivity contribution in [1.82, 2.24) is 0 Å². The summed E-state index contributed by atoms with van der Waals surface area (Å²) in [7, 11) is 3.83. The average molecular weight is 127 g/mol. The van der Waals surface area contributed by atoms with E-state index in [0.717, 1.165) is 6.04 Å². The van der Waals surface area contributed by atoms with Crippen molar-refractivity contribution in [2.45, 2.75) is 44.6 Å². The van der Waals surface area contributed by atoms with E-state index in [-0.39, 0.29) is 0 Å². The normalized spacial score (nSPS) is 23.7. The zero-order valence-corrected chi connectivity index (χ0v) is 6.10. The molecule has 0 heterocycles. The number of quaternary nitrogens is 1. The van der Waals surface area contributed by atoms with E-state index in [0.29, 0.717) is 0 Å². The summed E-state index contributed by atoms with van der Waals surface area (Å²) in [6.07, 6.45) is 8.54. The first-order chi connectivity index (χ1) is 4.43. The molecule has 1 aliphatic rings. The lowest BCUT2D eigenvalue weighted by Gasteiger charge is -2.12. The van der Waals surface area contributed by atoms with Gasteiger partial charge in [-0.3, -0.25) is 0 Å². The second kappa shape index (κ2) is 3.89. The lowest BCUT2D eigenvalue weighted by Crippen LogP contribution is -2.83. The van der Waals surface area contributed by atoms with Crippen LogP contribution < -0.4 is 5.32 Å². The molecule has 9 heavy (non-hydrogen) atoms. The van der Waals surface area contributed by atoms with Crippen LogP contribution in [0.1, 0.15) is 38.5 Å². The van der Waals surface area contributed by atoms with E-state index in [1.165, 1.54) is 38.5 Å². The van der Waals surface area contributed by atoms with Crippen LogP contribution in [0.15, 0.2) is 0 Å². The molecule has 0 amide bonds. The third-order valence-electron chi connectivity index (χ3n) is 2.23. The molecule has 0 aromatic carbocycles. The van der Waals surface area contributed by atoms with Crippen molar-refractivity contribution in [3.05, 3.63) is 7.05 Å². The molecule has 0 radical (unpaired) electrons. The average Bonchev–Trinajstić information content (AvgIpc) is 2.13. The van der Waals surface area contributed by atoms with Gasteiger partial charge in [0.25, 0.3) is 0 Å². The van der Waals surface area contributed by atoms with Crippen molar-refractivity contribution < 1.29 is 5.32 Å². The summed E-state index contributed by atoms with van der Waals surface area (Å²) < 4.78 is 0. The summed E-state index contributed by atoms with van der Waals surface area (Å²) in [5.74, 6) is 0. The summed E-state index contributed by atoms with van der Waals surface area (Å²) in [4.78, 5) is 0. The van der Waals surface area contributed by atoms with Gasteiger partial charge in [-0.05, 0) is 25.7 Å². The third kappa shape index (κ3) is 2.35. The van der Waals surface area contributed by atoms with Gasteiger partial charge in [0.05, 0.1) is 6.04 Å². The minimum atomic E-state index is 0.840. The molecule has 1 rings (SSSR count). The molecule has 0 atom stereocenters. The minimum Gasteiger partial charge on any atom is -0.476 e. The Hall–Kier alpha value is -0.0400. The van der Waals surface area contributed by atoms with Gasteiger partial charge in [-0.1, -0.05) is 12.8 Å². The van der Waals surface area contributed by atoms with Crippen LogP contribution in [0.2, 0.25) is 0 Å². The van der Waals surface area contributed by atoms with Gasteiger partial charge in [0.2, 0.25) is 0 Å². The topological polar surface area (TPSA) is 16.6 Å². The third-order valence-corrected chi connectivity index (χ3v) is 2.23. The fourth-order valence-electron chi connectivity index (χ4n) is 1.55. The molecule has 0 bridgehead atoms. The molecule has 0 aliphatic heterocycles. The summed E-state index contributed by atoms with van der Waals surface area (Å²) in [5, 5.41) is 2.13. The second-order valence-electron chi connectivity index (χ2n) is 2.99. The first-order valence-corrected chi connectivity index (χ1v) is 4.06. The molecule has 54 valence electrons. The lowest BCUT2D eigenvalue weighted by molar-refractivity contribution is -0.635. The number of hydrogen-bond donors (Lipinski definition) is 1. The van der Waals surface area contributed by atoms with E-state index in [2.05, 4.69) is 12.4 Å². The largest absolute Gasteiger partial charge is 0.476 e. The van der Waals surface area contributed by atoms with Gasteiger partial charge >= 0.3 is 0 Å². The fraction of sp³-hybridized carbons (Fsp3) is 0.875. The highest BCUT2D eigenvalue weighted by Crippen LogP contribution is 2.14. The van der Waals surface area contributed by atoms with E-state index in [9.17, 15) is 0 Å². The number of hydrogen-bond acceptors (Lipinski definition) is 0. The fourth-order valence-corrected chi connectivity index (χ4v) is 1.55. The molecule has 0 unspecified atom stereocenters. The Labute approximate surface area is 57.8 Å². The van der Waals surface area contributed by atoms with Gasteiger partial charge in [-0.15, -0.1) is 0 Å².